The molecular weight excluding hydrogens is 306 g/mol. The fourth-order valence-electron chi connectivity index (χ4n) is 2.48. The molecule has 0 saturated heterocycles. The first kappa shape index (κ1) is 16.6. The Bertz CT molecular complexity index is 540. The van der Waals surface area contributed by atoms with Gasteiger partial charge in [0.05, 0.1) is 12.0 Å². The Morgan fingerprint density at radius 3 is 2.50 bits per heavy atom. The summed E-state index contributed by atoms with van der Waals surface area (Å²) in [6.45, 7) is 2.17. The van der Waals surface area contributed by atoms with Crippen LogP contribution in [0.1, 0.15) is 32.6 Å². The maximum atomic E-state index is 11.9. The predicted octanol–water partition coefficient (Wildman–Crippen LogP) is 2.87. The number of ether oxygens (including phenoxy) is 1. The largest absolute Gasteiger partial charge is 0.489 e. The maximum Gasteiger partial charge on any atom is 0.310 e. The van der Waals surface area contributed by atoms with Crippen LogP contribution in [-0.2, 0) is 9.59 Å². The summed E-state index contributed by atoms with van der Waals surface area (Å²) in [7, 11) is 0. The molecule has 2 N–H and O–H groups in total. The number of carboxylic acids is 1. The topological polar surface area (TPSA) is 75.6 Å². The second kappa shape index (κ2) is 7.01. The van der Waals surface area contributed by atoms with Gasteiger partial charge in [-0.2, -0.15) is 0 Å². The Balaban J connectivity index is 1.76. The van der Waals surface area contributed by atoms with Gasteiger partial charge in [-0.3, -0.25) is 9.59 Å². The molecule has 1 aliphatic rings. The lowest BCUT2D eigenvalue weighted by atomic mass is 9.66. The Morgan fingerprint density at radius 1 is 1.36 bits per heavy atom. The van der Waals surface area contributed by atoms with Gasteiger partial charge in [-0.05, 0) is 44.0 Å². The molecule has 1 aromatic carbocycles. The molecule has 0 heterocycles. The van der Waals surface area contributed by atoms with Crippen molar-refractivity contribution in [1.29, 1.82) is 0 Å². The first-order valence-corrected chi connectivity index (χ1v) is 7.71. The minimum atomic E-state index is -0.876. The zero-order valence-corrected chi connectivity index (χ0v) is 13.2. The van der Waals surface area contributed by atoms with Gasteiger partial charge in [-0.1, -0.05) is 18.0 Å². The first-order chi connectivity index (χ1) is 10.4. The molecule has 2 rings (SSSR count). The lowest BCUT2D eigenvalue weighted by Gasteiger charge is -2.37. The summed E-state index contributed by atoms with van der Waals surface area (Å²) in [5.74, 6) is -0.444. The standard InChI is InChI=1S/C16H20ClNO4/c1-11(22-13-5-3-12(17)4-6-13)10-18-14(19)9-16(15(20)21)7-2-8-16/h3-6,11H,2,7-10H2,1H3,(H,18,19)(H,20,21). The molecule has 0 spiro atoms. The number of nitrogens with one attached hydrogen (secondary N) is 1. The quantitative estimate of drug-likeness (QED) is 0.808. The SMILES string of the molecule is CC(CNC(=O)CC1(C(=O)O)CCC1)Oc1ccc(Cl)cc1. The van der Waals surface area contributed by atoms with Crippen molar-refractivity contribution >= 4 is 23.5 Å². The number of aliphatic carboxylic acids is 1. The minimum Gasteiger partial charge on any atom is -0.489 e. The average molecular weight is 326 g/mol. The van der Waals surface area contributed by atoms with Gasteiger partial charge in [0.25, 0.3) is 0 Å². The molecule has 120 valence electrons. The molecule has 1 atom stereocenters. The zero-order valence-electron chi connectivity index (χ0n) is 12.5. The lowest BCUT2D eigenvalue weighted by molar-refractivity contribution is -0.157. The van der Waals surface area contributed by atoms with E-state index in [-0.39, 0.29) is 18.4 Å². The van der Waals surface area contributed by atoms with E-state index >= 15 is 0 Å². The molecule has 1 fully saturated rings. The van der Waals surface area contributed by atoms with Crippen LogP contribution in [0.25, 0.3) is 0 Å². The Labute approximate surface area is 134 Å². The number of halogens is 1. The van der Waals surface area contributed by atoms with Crippen molar-refractivity contribution in [1.82, 2.24) is 5.32 Å². The molecule has 0 radical (unpaired) electrons. The highest BCUT2D eigenvalue weighted by molar-refractivity contribution is 6.30. The first-order valence-electron chi connectivity index (χ1n) is 7.34. The highest BCUT2D eigenvalue weighted by Gasteiger charge is 2.45. The van der Waals surface area contributed by atoms with Crippen molar-refractivity contribution in [2.45, 2.75) is 38.7 Å². The van der Waals surface area contributed by atoms with Crippen LogP contribution in [0.5, 0.6) is 5.75 Å². The average Bonchev–Trinajstić information content (AvgIpc) is 2.43. The van der Waals surface area contributed by atoms with E-state index in [2.05, 4.69) is 5.32 Å². The van der Waals surface area contributed by atoms with E-state index in [1.165, 1.54) is 0 Å². The van der Waals surface area contributed by atoms with E-state index in [4.69, 9.17) is 16.3 Å². The Kier molecular flexibility index (Phi) is 5.29. The van der Waals surface area contributed by atoms with Crippen molar-refractivity contribution in [3.05, 3.63) is 29.3 Å². The van der Waals surface area contributed by atoms with E-state index in [1.807, 2.05) is 6.92 Å². The molecular formula is C16H20ClNO4. The van der Waals surface area contributed by atoms with Crippen LogP contribution in [0, 0.1) is 5.41 Å². The molecule has 0 aliphatic heterocycles. The van der Waals surface area contributed by atoms with Crippen molar-refractivity contribution in [2.75, 3.05) is 6.54 Å². The van der Waals surface area contributed by atoms with Gasteiger partial charge < -0.3 is 15.2 Å². The lowest BCUT2D eigenvalue weighted by Crippen LogP contribution is -2.44. The fourth-order valence-corrected chi connectivity index (χ4v) is 2.61. The van der Waals surface area contributed by atoms with Crippen LogP contribution >= 0.6 is 11.6 Å². The summed E-state index contributed by atoms with van der Waals surface area (Å²) in [5.41, 5.74) is -0.857. The van der Waals surface area contributed by atoms with Crippen molar-refractivity contribution in [3.8, 4) is 5.75 Å². The molecule has 6 heteroatoms. The molecule has 1 unspecified atom stereocenters. The summed E-state index contributed by atoms with van der Waals surface area (Å²) in [5, 5.41) is 12.6. The molecule has 0 bridgehead atoms. The molecule has 1 saturated carbocycles. The highest BCUT2D eigenvalue weighted by Crippen LogP contribution is 2.44. The molecule has 1 amide bonds. The van der Waals surface area contributed by atoms with E-state index in [9.17, 15) is 14.7 Å². The third-order valence-corrected chi connectivity index (χ3v) is 4.25. The second-order valence-electron chi connectivity index (χ2n) is 5.80. The van der Waals surface area contributed by atoms with E-state index < -0.39 is 11.4 Å². The van der Waals surface area contributed by atoms with Gasteiger partial charge in [-0.25, -0.2) is 0 Å². The number of carbonyl (C=O) groups excluding carboxylic acids is 1. The van der Waals surface area contributed by atoms with Gasteiger partial charge in [0.1, 0.15) is 11.9 Å². The molecule has 1 aromatic rings. The van der Waals surface area contributed by atoms with Crippen molar-refractivity contribution in [2.24, 2.45) is 5.41 Å². The smallest absolute Gasteiger partial charge is 0.310 e. The summed E-state index contributed by atoms with van der Waals surface area (Å²) in [4.78, 5) is 23.1. The monoisotopic (exact) mass is 325 g/mol. The van der Waals surface area contributed by atoms with Gasteiger partial charge in [0.2, 0.25) is 5.91 Å². The summed E-state index contributed by atoms with van der Waals surface area (Å²) in [6, 6.07) is 6.98. The zero-order chi connectivity index (χ0) is 16.2. The minimum absolute atomic E-state index is 0.0377. The normalized spacial score (nSPS) is 17.2. The van der Waals surface area contributed by atoms with Crippen LogP contribution < -0.4 is 10.1 Å². The summed E-state index contributed by atoms with van der Waals surface area (Å²) in [6.07, 6.45) is 1.84. The van der Waals surface area contributed by atoms with Crippen LogP contribution in [0.3, 0.4) is 0 Å². The Morgan fingerprint density at radius 2 is 2.00 bits per heavy atom. The summed E-state index contributed by atoms with van der Waals surface area (Å²) < 4.78 is 5.65. The fraction of sp³-hybridized carbons (Fsp3) is 0.500. The van der Waals surface area contributed by atoms with E-state index in [1.54, 1.807) is 24.3 Å². The van der Waals surface area contributed by atoms with Crippen LogP contribution in [-0.4, -0.2) is 29.6 Å². The van der Waals surface area contributed by atoms with Crippen molar-refractivity contribution < 1.29 is 19.4 Å². The van der Waals surface area contributed by atoms with E-state index in [0.29, 0.717) is 30.2 Å². The van der Waals surface area contributed by atoms with Crippen LogP contribution in [0.4, 0.5) is 0 Å². The number of carboxylic acid groups (broad SMARTS) is 1. The molecule has 22 heavy (non-hydrogen) atoms. The van der Waals surface area contributed by atoms with Gasteiger partial charge in [0.15, 0.2) is 0 Å². The summed E-state index contributed by atoms with van der Waals surface area (Å²) >= 11 is 5.80. The molecule has 1 aliphatic carbocycles. The Hall–Kier alpha value is -1.75. The van der Waals surface area contributed by atoms with Crippen LogP contribution in [0.2, 0.25) is 5.02 Å². The van der Waals surface area contributed by atoms with E-state index in [0.717, 1.165) is 6.42 Å². The number of rotatable bonds is 7. The number of carbonyl (C=O) groups is 2. The second-order valence-corrected chi connectivity index (χ2v) is 6.24. The number of amides is 1. The third kappa shape index (κ3) is 4.13. The molecule has 5 nitrogen and oxygen atoms in total. The van der Waals surface area contributed by atoms with Gasteiger partial charge in [-0.15, -0.1) is 0 Å². The third-order valence-electron chi connectivity index (χ3n) is 4.00. The van der Waals surface area contributed by atoms with Gasteiger partial charge in [0, 0.05) is 11.4 Å². The maximum absolute atomic E-state index is 11.9. The number of benzene rings is 1. The highest BCUT2D eigenvalue weighted by atomic mass is 35.5. The van der Waals surface area contributed by atoms with Crippen molar-refractivity contribution in [3.63, 3.8) is 0 Å². The van der Waals surface area contributed by atoms with Crippen LogP contribution in [0.15, 0.2) is 24.3 Å². The number of hydrogen-bond donors (Lipinski definition) is 2. The number of hydrogen-bond acceptors (Lipinski definition) is 3. The molecule has 0 aromatic heterocycles. The van der Waals surface area contributed by atoms with Gasteiger partial charge >= 0.3 is 5.97 Å². The predicted molar refractivity (Wildman–Crippen MR) is 83.1 cm³/mol.